The van der Waals surface area contributed by atoms with Crippen LogP contribution in [0.2, 0.25) is 0 Å². The van der Waals surface area contributed by atoms with Gasteiger partial charge >= 0.3 is 0 Å². The van der Waals surface area contributed by atoms with Gasteiger partial charge in [-0.25, -0.2) is 8.78 Å². The van der Waals surface area contributed by atoms with Gasteiger partial charge < -0.3 is 4.90 Å². The number of amides is 1. The third kappa shape index (κ3) is 3.47. The van der Waals surface area contributed by atoms with Gasteiger partial charge in [0.25, 0.3) is 5.91 Å². The van der Waals surface area contributed by atoms with Crippen LogP contribution < -0.4 is 0 Å². The fourth-order valence-electron chi connectivity index (χ4n) is 3.23. The lowest BCUT2D eigenvalue weighted by Gasteiger charge is -2.32. The lowest BCUT2D eigenvalue weighted by Crippen LogP contribution is -2.39. The van der Waals surface area contributed by atoms with E-state index in [1.54, 1.807) is 4.90 Å². The zero-order valence-electron chi connectivity index (χ0n) is 13.9. The van der Waals surface area contributed by atoms with E-state index in [1.165, 1.54) is 6.07 Å². The van der Waals surface area contributed by atoms with Crippen LogP contribution in [-0.2, 0) is 6.54 Å². The number of rotatable bonds is 3. The summed E-state index contributed by atoms with van der Waals surface area (Å²) in [7, 11) is 0. The highest BCUT2D eigenvalue weighted by Crippen LogP contribution is 2.22. The van der Waals surface area contributed by atoms with Crippen LogP contribution >= 0.6 is 0 Å². The monoisotopic (exact) mass is 333 g/mol. The highest BCUT2D eigenvalue weighted by molar-refractivity contribution is 5.94. The van der Waals surface area contributed by atoms with Gasteiger partial charge in [0.05, 0.1) is 5.69 Å². The van der Waals surface area contributed by atoms with Crippen molar-refractivity contribution in [3.63, 3.8) is 0 Å². The first-order chi connectivity index (χ1) is 11.4. The molecular formula is C18H21F2N3O. The molecule has 0 unspecified atom stereocenters. The molecule has 1 aliphatic heterocycles. The molecule has 0 bridgehead atoms. The molecule has 1 fully saturated rings. The molecule has 4 nitrogen and oxygen atoms in total. The normalized spacial score (nSPS) is 15.8. The summed E-state index contributed by atoms with van der Waals surface area (Å²) in [6.07, 6.45) is 1.77. The molecule has 1 saturated heterocycles. The summed E-state index contributed by atoms with van der Waals surface area (Å²) in [6.45, 7) is 6.13. The second-order valence-corrected chi connectivity index (χ2v) is 6.47. The zero-order chi connectivity index (χ0) is 17.3. The minimum Gasteiger partial charge on any atom is -0.339 e. The van der Waals surface area contributed by atoms with Gasteiger partial charge in [-0.05, 0) is 56.9 Å². The van der Waals surface area contributed by atoms with Crippen molar-refractivity contribution in [2.24, 2.45) is 5.92 Å². The van der Waals surface area contributed by atoms with Gasteiger partial charge in [-0.2, -0.15) is 5.10 Å². The van der Waals surface area contributed by atoms with E-state index >= 15 is 0 Å². The lowest BCUT2D eigenvalue weighted by molar-refractivity contribution is 0.0680. The summed E-state index contributed by atoms with van der Waals surface area (Å²) in [5, 5.41) is 4.48. The average Bonchev–Trinajstić information content (AvgIpc) is 2.87. The molecule has 1 aromatic heterocycles. The van der Waals surface area contributed by atoms with Gasteiger partial charge in [0, 0.05) is 30.9 Å². The lowest BCUT2D eigenvalue weighted by atomic mass is 9.96. The number of likely N-dealkylation sites (tertiary alicyclic amines) is 1. The van der Waals surface area contributed by atoms with Crippen molar-refractivity contribution in [1.82, 2.24) is 14.7 Å². The Morgan fingerprint density at radius 1 is 1.17 bits per heavy atom. The molecule has 128 valence electrons. The van der Waals surface area contributed by atoms with E-state index in [4.69, 9.17) is 0 Å². The molecule has 1 amide bonds. The topological polar surface area (TPSA) is 38.1 Å². The van der Waals surface area contributed by atoms with Gasteiger partial charge in [-0.15, -0.1) is 0 Å². The maximum atomic E-state index is 13.3. The van der Waals surface area contributed by atoms with Crippen LogP contribution in [0.1, 0.15) is 34.6 Å². The molecule has 0 spiro atoms. The third-order valence-corrected chi connectivity index (χ3v) is 4.60. The van der Waals surface area contributed by atoms with Crippen LogP contribution in [0.4, 0.5) is 8.78 Å². The number of aromatic nitrogens is 2. The molecule has 6 heteroatoms. The first-order valence-corrected chi connectivity index (χ1v) is 8.19. The number of hydrogen-bond donors (Lipinski definition) is 0. The molecular weight excluding hydrogens is 312 g/mol. The molecule has 0 radical (unpaired) electrons. The van der Waals surface area contributed by atoms with Crippen LogP contribution in [0.15, 0.2) is 24.3 Å². The van der Waals surface area contributed by atoms with E-state index < -0.39 is 11.6 Å². The smallest absolute Gasteiger partial charge is 0.253 e. The van der Waals surface area contributed by atoms with Gasteiger partial charge in [0.2, 0.25) is 0 Å². The predicted molar refractivity (Wildman–Crippen MR) is 86.7 cm³/mol. The maximum Gasteiger partial charge on any atom is 0.253 e. The van der Waals surface area contributed by atoms with E-state index in [9.17, 15) is 13.6 Å². The van der Waals surface area contributed by atoms with Crippen molar-refractivity contribution in [3.05, 3.63) is 52.9 Å². The highest BCUT2D eigenvalue weighted by Gasteiger charge is 2.25. The molecule has 2 aromatic rings. The van der Waals surface area contributed by atoms with Gasteiger partial charge in [0.1, 0.15) is 0 Å². The van der Waals surface area contributed by atoms with Crippen molar-refractivity contribution in [2.45, 2.75) is 33.2 Å². The van der Waals surface area contributed by atoms with Gasteiger partial charge in [0.15, 0.2) is 11.6 Å². The minimum atomic E-state index is -0.986. The van der Waals surface area contributed by atoms with E-state index in [0.717, 1.165) is 42.9 Å². The number of carbonyl (C=O) groups is 1. The number of piperidine rings is 1. The SMILES string of the molecule is Cc1cc(C)n(CC2CCN(C(=O)c3ccc(F)c(F)c3)CC2)n1. The summed E-state index contributed by atoms with van der Waals surface area (Å²) in [5.41, 5.74) is 2.36. The van der Waals surface area contributed by atoms with Crippen LogP contribution in [-0.4, -0.2) is 33.7 Å². The quantitative estimate of drug-likeness (QED) is 0.864. The molecule has 24 heavy (non-hydrogen) atoms. The molecule has 0 N–H and O–H groups in total. The van der Waals surface area contributed by atoms with Crippen molar-refractivity contribution >= 4 is 5.91 Å². The Hall–Kier alpha value is -2.24. The maximum absolute atomic E-state index is 13.3. The summed E-state index contributed by atoms with van der Waals surface area (Å²) in [5.74, 6) is -1.69. The number of hydrogen-bond acceptors (Lipinski definition) is 2. The molecule has 2 heterocycles. The van der Waals surface area contributed by atoms with Crippen LogP contribution in [0.3, 0.4) is 0 Å². The summed E-state index contributed by atoms with van der Waals surface area (Å²) >= 11 is 0. The Balaban J connectivity index is 1.59. The Kier molecular flexibility index (Phi) is 4.64. The van der Waals surface area contributed by atoms with Crippen LogP contribution in [0.5, 0.6) is 0 Å². The number of carbonyl (C=O) groups excluding carboxylic acids is 1. The molecule has 0 aliphatic carbocycles. The zero-order valence-corrected chi connectivity index (χ0v) is 13.9. The Morgan fingerprint density at radius 3 is 2.46 bits per heavy atom. The van der Waals surface area contributed by atoms with Gasteiger partial charge in [-0.3, -0.25) is 9.48 Å². The van der Waals surface area contributed by atoms with E-state index in [0.29, 0.717) is 19.0 Å². The Morgan fingerprint density at radius 2 is 1.88 bits per heavy atom. The fourth-order valence-corrected chi connectivity index (χ4v) is 3.23. The number of aryl methyl sites for hydroxylation is 2. The molecule has 0 atom stereocenters. The van der Waals surface area contributed by atoms with Crippen molar-refractivity contribution in [2.75, 3.05) is 13.1 Å². The highest BCUT2D eigenvalue weighted by atomic mass is 19.2. The van der Waals surface area contributed by atoms with E-state index in [2.05, 4.69) is 11.2 Å². The third-order valence-electron chi connectivity index (χ3n) is 4.60. The summed E-state index contributed by atoms with van der Waals surface area (Å²) in [6, 6.07) is 5.36. The first-order valence-electron chi connectivity index (χ1n) is 8.19. The standard InChI is InChI=1S/C18H21F2N3O/c1-12-9-13(2)23(21-12)11-14-5-7-22(8-6-14)18(24)15-3-4-16(19)17(20)10-15/h3-4,9-10,14H,5-8,11H2,1-2H3. The first kappa shape index (κ1) is 16.6. The number of nitrogens with zero attached hydrogens (tertiary/aromatic N) is 3. The Bertz CT molecular complexity index is 749. The number of halogens is 2. The Labute approximate surface area is 140 Å². The largest absolute Gasteiger partial charge is 0.339 e. The molecule has 1 aromatic carbocycles. The minimum absolute atomic E-state index is 0.200. The van der Waals surface area contributed by atoms with Crippen LogP contribution in [0, 0.1) is 31.4 Å². The van der Waals surface area contributed by atoms with E-state index in [1.807, 2.05) is 18.5 Å². The molecule has 0 saturated carbocycles. The molecule has 1 aliphatic rings. The van der Waals surface area contributed by atoms with Crippen LogP contribution in [0.25, 0.3) is 0 Å². The predicted octanol–water partition coefficient (Wildman–Crippen LogP) is 3.33. The second-order valence-electron chi connectivity index (χ2n) is 6.47. The van der Waals surface area contributed by atoms with Crippen molar-refractivity contribution in [3.8, 4) is 0 Å². The number of benzene rings is 1. The van der Waals surface area contributed by atoms with Gasteiger partial charge in [-0.1, -0.05) is 0 Å². The summed E-state index contributed by atoms with van der Waals surface area (Å²) in [4.78, 5) is 14.1. The molecule has 3 rings (SSSR count). The average molecular weight is 333 g/mol. The fraction of sp³-hybridized carbons (Fsp3) is 0.444. The van der Waals surface area contributed by atoms with Crippen molar-refractivity contribution in [1.29, 1.82) is 0 Å². The second kappa shape index (κ2) is 6.71. The van der Waals surface area contributed by atoms with Crippen molar-refractivity contribution < 1.29 is 13.6 Å². The summed E-state index contributed by atoms with van der Waals surface area (Å²) < 4.78 is 28.3. The van der Waals surface area contributed by atoms with E-state index in [-0.39, 0.29) is 11.5 Å².